The number of amides is 1. The van der Waals surface area contributed by atoms with Gasteiger partial charge in [0.1, 0.15) is 0 Å². The minimum Gasteiger partial charge on any atom is -0.339 e. The molecule has 2 fully saturated rings. The number of rotatable bonds is 4. The second-order valence-electron chi connectivity index (χ2n) is 7.13. The van der Waals surface area contributed by atoms with Crippen LogP contribution in [-0.2, 0) is 0 Å². The summed E-state index contributed by atoms with van der Waals surface area (Å²) in [5.74, 6) is -0.0375. The number of nitrogens with one attached hydrogen (secondary N) is 1. The highest BCUT2D eigenvalue weighted by Crippen LogP contribution is 2.29. The molecule has 4 rings (SSSR count). The summed E-state index contributed by atoms with van der Waals surface area (Å²) in [5.41, 5.74) is 1.23. The zero-order chi connectivity index (χ0) is 18.3. The number of fused-ring (bicyclic) bond motifs is 2. The van der Waals surface area contributed by atoms with Gasteiger partial charge in [-0.2, -0.15) is 5.10 Å². The number of nitro benzene ring substituents is 1. The lowest BCUT2D eigenvalue weighted by molar-refractivity contribution is -0.384. The molecular formula is C18H22ClN5O3. The van der Waals surface area contributed by atoms with E-state index in [-0.39, 0.29) is 30.0 Å². The van der Waals surface area contributed by atoms with Gasteiger partial charge >= 0.3 is 0 Å². The molecule has 9 heteroatoms. The molecule has 1 amide bonds. The largest absolute Gasteiger partial charge is 0.339 e. The quantitative estimate of drug-likeness (QED) is 0.638. The Morgan fingerprint density at radius 1 is 1.26 bits per heavy atom. The molecule has 0 aliphatic carbocycles. The highest BCUT2D eigenvalue weighted by atomic mass is 35.5. The van der Waals surface area contributed by atoms with Crippen LogP contribution in [0.5, 0.6) is 0 Å². The third kappa shape index (κ3) is 3.81. The van der Waals surface area contributed by atoms with Crippen LogP contribution < -0.4 is 5.32 Å². The van der Waals surface area contributed by atoms with Crippen LogP contribution in [0.1, 0.15) is 36.0 Å². The molecule has 8 nitrogen and oxygen atoms in total. The van der Waals surface area contributed by atoms with Crippen molar-refractivity contribution >= 4 is 24.0 Å². The Bertz CT molecular complexity index is 826. The SMILES string of the molecule is CN(C(=O)c1cnn(-c2ccc([N+](=O)[O-])cc2)c1)C1CC2CCC(C1)N2.Cl. The number of nitrogens with zero attached hydrogens (tertiary/aromatic N) is 4. The Morgan fingerprint density at radius 2 is 1.89 bits per heavy atom. The van der Waals surface area contributed by atoms with Crippen LogP contribution in [0, 0.1) is 10.1 Å². The van der Waals surface area contributed by atoms with E-state index in [2.05, 4.69) is 10.4 Å². The first-order valence-corrected chi connectivity index (χ1v) is 8.84. The summed E-state index contributed by atoms with van der Waals surface area (Å²) in [7, 11) is 1.86. The predicted octanol–water partition coefficient (Wildman–Crippen LogP) is 2.56. The van der Waals surface area contributed by atoms with Crippen LogP contribution in [0.3, 0.4) is 0 Å². The van der Waals surface area contributed by atoms with Gasteiger partial charge in [0.05, 0.1) is 22.4 Å². The van der Waals surface area contributed by atoms with Crippen LogP contribution in [0.15, 0.2) is 36.7 Å². The Labute approximate surface area is 163 Å². The second kappa shape index (κ2) is 7.66. The number of halogens is 1. The molecule has 2 bridgehead atoms. The van der Waals surface area contributed by atoms with E-state index >= 15 is 0 Å². The van der Waals surface area contributed by atoms with E-state index in [0.29, 0.717) is 23.3 Å². The van der Waals surface area contributed by atoms with E-state index in [1.165, 1.54) is 25.0 Å². The third-order valence-electron chi connectivity index (χ3n) is 5.47. The van der Waals surface area contributed by atoms with Crippen LogP contribution >= 0.6 is 12.4 Å². The average molecular weight is 392 g/mol. The van der Waals surface area contributed by atoms with Crippen molar-refractivity contribution in [2.24, 2.45) is 0 Å². The van der Waals surface area contributed by atoms with Crippen molar-refractivity contribution < 1.29 is 9.72 Å². The maximum absolute atomic E-state index is 12.8. The summed E-state index contributed by atoms with van der Waals surface area (Å²) in [6.45, 7) is 0. The molecule has 2 aliphatic rings. The van der Waals surface area contributed by atoms with Crippen molar-refractivity contribution in [3.05, 3.63) is 52.3 Å². The fraction of sp³-hybridized carbons (Fsp3) is 0.444. The van der Waals surface area contributed by atoms with Crippen LogP contribution in [-0.4, -0.2) is 50.7 Å². The Hall–Kier alpha value is -2.45. The van der Waals surface area contributed by atoms with Gasteiger partial charge in [-0.05, 0) is 37.8 Å². The first-order chi connectivity index (χ1) is 12.5. The molecular weight excluding hydrogens is 370 g/mol. The van der Waals surface area contributed by atoms with Gasteiger partial charge in [-0.15, -0.1) is 12.4 Å². The summed E-state index contributed by atoms with van der Waals surface area (Å²) < 4.78 is 1.57. The van der Waals surface area contributed by atoms with E-state index in [0.717, 1.165) is 12.8 Å². The smallest absolute Gasteiger partial charge is 0.269 e. The fourth-order valence-corrected chi connectivity index (χ4v) is 4.01. The normalized spacial score (nSPS) is 23.5. The Balaban J connectivity index is 0.00000210. The molecule has 1 aromatic carbocycles. The summed E-state index contributed by atoms with van der Waals surface area (Å²) in [6.07, 6.45) is 7.61. The van der Waals surface area contributed by atoms with Crippen molar-refractivity contribution in [2.75, 3.05) is 7.05 Å². The van der Waals surface area contributed by atoms with E-state index in [1.54, 1.807) is 29.2 Å². The molecule has 1 N–H and O–H groups in total. The molecule has 0 radical (unpaired) electrons. The van der Waals surface area contributed by atoms with Gasteiger partial charge in [-0.3, -0.25) is 14.9 Å². The van der Waals surface area contributed by atoms with Crippen molar-refractivity contribution in [3.8, 4) is 5.69 Å². The fourth-order valence-electron chi connectivity index (χ4n) is 4.01. The monoisotopic (exact) mass is 391 g/mol. The van der Waals surface area contributed by atoms with Crippen molar-refractivity contribution in [2.45, 2.75) is 43.8 Å². The minimum atomic E-state index is -0.442. The second-order valence-corrected chi connectivity index (χ2v) is 7.13. The first-order valence-electron chi connectivity index (χ1n) is 8.84. The number of hydrogen-bond donors (Lipinski definition) is 1. The number of nitro groups is 1. The summed E-state index contributed by atoms with van der Waals surface area (Å²) in [6, 6.07) is 7.39. The molecule has 2 aromatic rings. The Morgan fingerprint density at radius 3 is 2.48 bits per heavy atom. The molecule has 27 heavy (non-hydrogen) atoms. The zero-order valence-electron chi connectivity index (χ0n) is 14.9. The zero-order valence-corrected chi connectivity index (χ0v) is 15.8. The van der Waals surface area contributed by atoms with Gasteiger partial charge in [0.15, 0.2) is 0 Å². The number of non-ortho nitro benzene ring substituents is 1. The van der Waals surface area contributed by atoms with Crippen LogP contribution in [0.2, 0.25) is 0 Å². The van der Waals surface area contributed by atoms with Crippen molar-refractivity contribution in [1.82, 2.24) is 20.0 Å². The highest BCUT2D eigenvalue weighted by Gasteiger charge is 2.36. The standard InChI is InChI=1S/C18H21N5O3.ClH/c1-21(17-8-13-2-3-14(9-17)20-13)18(24)12-10-19-22(11-12)15-4-6-16(7-5-15)23(25)26;/h4-7,10-11,13-14,17,20H,2-3,8-9H2,1H3;1H. The maximum Gasteiger partial charge on any atom is 0.269 e. The van der Waals surface area contributed by atoms with Crippen LogP contribution in [0.25, 0.3) is 5.69 Å². The summed E-state index contributed by atoms with van der Waals surface area (Å²) >= 11 is 0. The first kappa shape index (κ1) is 19.3. The predicted molar refractivity (Wildman–Crippen MR) is 103 cm³/mol. The molecule has 0 spiro atoms. The molecule has 2 saturated heterocycles. The molecule has 144 valence electrons. The van der Waals surface area contributed by atoms with Crippen molar-refractivity contribution in [1.29, 1.82) is 0 Å². The third-order valence-corrected chi connectivity index (χ3v) is 5.47. The highest BCUT2D eigenvalue weighted by molar-refractivity contribution is 5.93. The van der Waals surface area contributed by atoms with E-state index in [1.807, 2.05) is 11.9 Å². The molecule has 2 unspecified atom stereocenters. The number of hydrogen-bond acceptors (Lipinski definition) is 5. The number of benzene rings is 1. The van der Waals surface area contributed by atoms with Gasteiger partial charge in [-0.25, -0.2) is 4.68 Å². The maximum atomic E-state index is 12.8. The summed E-state index contributed by atoms with van der Waals surface area (Å²) in [5, 5.41) is 18.6. The van der Waals surface area contributed by atoms with Crippen LogP contribution in [0.4, 0.5) is 5.69 Å². The molecule has 3 heterocycles. The molecule has 2 aliphatic heterocycles. The average Bonchev–Trinajstić information content (AvgIpc) is 3.27. The summed E-state index contributed by atoms with van der Waals surface area (Å²) in [4.78, 5) is 25.0. The molecule has 1 aromatic heterocycles. The molecule has 2 atom stereocenters. The van der Waals surface area contributed by atoms with Gasteiger partial charge in [-0.1, -0.05) is 0 Å². The molecule has 0 saturated carbocycles. The number of piperidine rings is 1. The van der Waals surface area contributed by atoms with Gasteiger partial charge < -0.3 is 10.2 Å². The van der Waals surface area contributed by atoms with E-state index in [4.69, 9.17) is 0 Å². The number of aromatic nitrogens is 2. The van der Waals surface area contributed by atoms with Gasteiger partial charge in [0.2, 0.25) is 0 Å². The van der Waals surface area contributed by atoms with E-state index in [9.17, 15) is 14.9 Å². The number of carbonyl (C=O) groups is 1. The lowest BCUT2D eigenvalue weighted by Crippen LogP contribution is -2.48. The van der Waals surface area contributed by atoms with E-state index < -0.39 is 4.92 Å². The van der Waals surface area contributed by atoms with Gasteiger partial charge in [0.25, 0.3) is 11.6 Å². The number of carbonyl (C=O) groups excluding carboxylic acids is 1. The van der Waals surface area contributed by atoms with Gasteiger partial charge in [0, 0.05) is 43.5 Å². The topological polar surface area (TPSA) is 93.3 Å². The van der Waals surface area contributed by atoms with Crippen molar-refractivity contribution in [3.63, 3.8) is 0 Å². The minimum absolute atomic E-state index is 0. The Kier molecular flexibility index (Phi) is 5.48. The lowest BCUT2D eigenvalue weighted by atomic mass is 9.98. The lowest BCUT2D eigenvalue weighted by Gasteiger charge is -2.35.